The summed E-state index contributed by atoms with van der Waals surface area (Å²) in [6, 6.07) is 1.38. The first-order chi connectivity index (χ1) is 12.1. The number of nitrogens with one attached hydrogen (secondary N) is 2. The van der Waals surface area contributed by atoms with Gasteiger partial charge in [-0.2, -0.15) is 5.10 Å². The van der Waals surface area contributed by atoms with Crippen LogP contribution in [0.3, 0.4) is 0 Å². The Hall–Kier alpha value is -1.56. The zero-order chi connectivity index (χ0) is 17.8. The van der Waals surface area contributed by atoms with Crippen molar-refractivity contribution in [3.05, 3.63) is 17.0 Å². The molecule has 0 atom stereocenters. The normalized spacial score (nSPS) is 21.0. The summed E-state index contributed by atoms with van der Waals surface area (Å²) in [5.74, 6) is 0.905. The summed E-state index contributed by atoms with van der Waals surface area (Å²) in [5.41, 5.74) is 3.57. The van der Waals surface area contributed by atoms with Crippen LogP contribution in [0.2, 0.25) is 0 Å². The monoisotopic (exact) mass is 346 g/mol. The quantitative estimate of drug-likeness (QED) is 0.648. The summed E-state index contributed by atoms with van der Waals surface area (Å²) >= 11 is 0. The Kier molecular flexibility index (Phi) is 5.99. The maximum Gasteiger partial charge on any atom is 0.191 e. The maximum absolute atomic E-state index is 4.49. The maximum atomic E-state index is 4.49. The molecule has 1 aromatic rings. The van der Waals surface area contributed by atoms with Gasteiger partial charge in [-0.15, -0.1) is 0 Å². The second-order valence-electron chi connectivity index (χ2n) is 7.59. The minimum absolute atomic E-state index is 0.528. The lowest BCUT2D eigenvalue weighted by Crippen LogP contribution is -2.50. The van der Waals surface area contributed by atoms with Gasteiger partial charge in [0.2, 0.25) is 0 Å². The molecular weight excluding hydrogens is 312 g/mol. The molecule has 1 saturated heterocycles. The molecule has 140 valence electrons. The summed E-state index contributed by atoms with van der Waals surface area (Å²) in [4.78, 5) is 7.13. The average Bonchev–Trinajstić information content (AvgIpc) is 3.22. The standard InChI is InChI=1S/C19H34N6/c1-14-18(15(2)24(4)23-14)13-21-19(20-3)22-16-9-11-25(12-10-16)17-7-5-6-8-17/h16-17H,5-13H2,1-4H3,(H2,20,21,22). The van der Waals surface area contributed by atoms with Crippen molar-refractivity contribution in [3.8, 4) is 0 Å². The zero-order valence-corrected chi connectivity index (χ0v) is 16.3. The Labute approximate surface area is 152 Å². The lowest BCUT2D eigenvalue weighted by atomic mass is 10.0. The molecule has 2 fully saturated rings. The van der Waals surface area contributed by atoms with E-state index in [0.717, 1.165) is 24.2 Å². The molecule has 0 spiro atoms. The van der Waals surface area contributed by atoms with Gasteiger partial charge < -0.3 is 15.5 Å². The third kappa shape index (κ3) is 4.35. The lowest BCUT2D eigenvalue weighted by Gasteiger charge is -2.36. The third-order valence-corrected chi connectivity index (χ3v) is 6.03. The van der Waals surface area contributed by atoms with Gasteiger partial charge >= 0.3 is 0 Å². The third-order valence-electron chi connectivity index (χ3n) is 6.03. The van der Waals surface area contributed by atoms with E-state index in [-0.39, 0.29) is 0 Å². The van der Waals surface area contributed by atoms with Gasteiger partial charge in [-0.1, -0.05) is 12.8 Å². The van der Waals surface area contributed by atoms with Gasteiger partial charge in [0.15, 0.2) is 5.96 Å². The number of rotatable bonds is 4. The highest BCUT2D eigenvalue weighted by atomic mass is 15.3. The Morgan fingerprint density at radius 3 is 2.40 bits per heavy atom. The fraction of sp³-hybridized carbons (Fsp3) is 0.789. The van der Waals surface area contributed by atoms with E-state index in [1.165, 1.54) is 62.9 Å². The van der Waals surface area contributed by atoms with E-state index in [0.29, 0.717) is 6.04 Å². The van der Waals surface area contributed by atoms with E-state index < -0.39 is 0 Å². The second-order valence-corrected chi connectivity index (χ2v) is 7.59. The van der Waals surface area contributed by atoms with Crippen molar-refractivity contribution < 1.29 is 0 Å². The Balaban J connectivity index is 1.46. The number of piperidine rings is 1. The molecule has 1 saturated carbocycles. The van der Waals surface area contributed by atoms with Crippen LogP contribution in [0, 0.1) is 13.8 Å². The Morgan fingerprint density at radius 1 is 1.16 bits per heavy atom. The molecule has 6 nitrogen and oxygen atoms in total. The summed E-state index contributed by atoms with van der Waals surface area (Å²) in [5, 5.41) is 11.6. The summed E-state index contributed by atoms with van der Waals surface area (Å²) in [6.45, 7) is 7.40. The van der Waals surface area contributed by atoms with Gasteiger partial charge in [0.05, 0.1) is 5.69 Å². The van der Waals surface area contributed by atoms with Crippen molar-refractivity contribution in [1.82, 2.24) is 25.3 Å². The topological polar surface area (TPSA) is 57.5 Å². The first-order valence-corrected chi connectivity index (χ1v) is 9.78. The van der Waals surface area contributed by atoms with Crippen molar-refractivity contribution in [2.75, 3.05) is 20.1 Å². The first-order valence-electron chi connectivity index (χ1n) is 9.78. The van der Waals surface area contributed by atoms with Crippen molar-refractivity contribution >= 4 is 5.96 Å². The van der Waals surface area contributed by atoms with E-state index in [2.05, 4.69) is 39.5 Å². The van der Waals surface area contributed by atoms with Crippen LogP contribution in [0.4, 0.5) is 0 Å². The van der Waals surface area contributed by atoms with Gasteiger partial charge in [-0.25, -0.2) is 0 Å². The predicted molar refractivity (Wildman–Crippen MR) is 103 cm³/mol. The molecule has 2 N–H and O–H groups in total. The zero-order valence-electron chi connectivity index (χ0n) is 16.3. The van der Waals surface area contributed by atoms with Crippen molar-refractivity contribution in [3.63, 3.8) is 0 Å². The minimum atomic E-state index is 0.528. The molecule has 1 aliphatic carbocycles. The smallest absolute Gasteiger partial charge is 0.191 e. The van der Waals surface area contributed by atoms with Crippen LogP contribution >= 0.6 is 0 Å². The van der Waals surface area contributed by atoms with Crippen LogP contribution in [0.15, 0.2) is 4.99 Å². The van der Waals surface area contributed by atoms with Gasteiger partial charge in [-0.05, 0) is 39.5 Å². The molecule has 1 aliphatic heterocycles. The highest BCUT2D eigenvalue weighted by Gasteiger charge is 2.27. The van der Waals surface area contributed by atoms with Crippen molar-refractivity contribution in [2.45, 2.75) is 71.0 Å². The molecule has 0 bridgehead atoms. The molecule has 1 aromatic heterocycles. The minimum Gasteiger partial charge on any atom is -0.354 e. The fourth-order valence-corrected chi connectivity index (χ4v) is 4.31. The molecule has 2 aliphatic rings. The molecule has 0 aromatic carbocycles. The van der Waals surface area contributed by atoms with Crippen LogP contribution in [0.5, 0.6) is 0 Å². The van der Waals surface area contributed by atoms with Crippen molar-refractivity contribution in [1.29, 1.82) is 0 Å². The number of aliphatic imine (C=N–C) groups is 1. The van der Waals surface area contributed by atoms with E-state index in [9.17, 15) is 0 Å². The van der Waals surface area contributed by atoms with Gasteiger partial charge in [-0.3, -0.25) is 9.67 Å². The molecule has 3 rings (SSSR count). The first kappa shape index (κ1) is 18.2. The number of aromatic nitrogens is 2. The Bertz CT molecular complexity index is 591. The number of nitrogens with zero attached hydrogens (tertiary/aromatic N) is 4. The van der Waals surface area contributed by atoms with Gasteiger partial charge in [0.25, 0.3) is 0 Å². The highest BCUT2D eigenvalue weighted by molar-refractivity contribution is 5.80. The summed E-state index contributed by atoms with van der Waals surface area (Å²) < 4.78 is 1.95. The number of hydrogen-bond acceptors (Lipinski definition) is 3. The second kappa shape index (κ2) is 8.21. The number of aryl methyl sites for hydroxylation is 2. The van der Waals surface area contributed by atoms with E-state index in [1.54, 1.807) is 0 Å². The van der Waals surface area contributed by atoms with Gasteiger partial charge in [0.1, 0.15) is 0 Å². The molecule has 0 radical (unpaired) electrons. The van der Waals surface area contributed by atoms with Crippen LogP contribution in [-0.2, 0) is 13.6 Å². The largest absolute Gasteiger partial charge is 0.354 e. The number of hydrogen-bond donors (Lipinski definition) is 2. The van der Waals surface area contributed by atoms with Crippen molar-refractivity contribution in [2.24, 2.45) is 12.0 Å². The molecule has 0 amide bonds. The molecule has 2 heterocycles. The van der Waals surface area contributed by atoms with Crippen LogP contribution < -0.4 is 10.6 Å². The van der Waals surface area contributed by atoms with Crippen LogP contribution in [0.25, 0.3) is 0 Å². The summed E-state index contributed by atoms with van der Waals surface area (Å²) in [7, 11) is 3.85. The van der Waals surface area contributed by atoms with E-state index in [1.807, 2.05) is 18.8 Å². The summed E-state index contributed by atoms with van der Waals surface area (Å²) in [6.07, 6.45) is 8.08. The number of likely N-dealkylation sites (tertiary alicyclic amines) is 1. The highest BCUT2D eigenvalue weighted by Crippen LogP contribution is 2.26. The Morgan fingerprint density at radius 2 is 1.84 bits per heavy atom. The number of guanidine groups is 1. The SMILES string of the molecule is CN=C(NCc1c(C)nn(C)c1C)NC1CCN(C2CCCC2)CC1. The molecule has 6 heteroatoms. The molecule has 25 heavy (non-hydrogen) atoms. The van der Waals surface area contributed by atoms with E-state index in [4.69, 9.17) is 0 Å². The van der Waals surface area contributed by atoms with Crippen LogP contribution in [0.1, 0.15) is 55.5 Å². The predicted octanol–water partition coefficient (Wildman–Crippen LogP) is 2.11. The lowest BCUT2D eigenvalue weighted by molar-refractivity contribution is 0.150. The average molecular weight is 347 g/mol. The van der Waals surface area contributed by atoms with Gasteiger partial charge in [0, 0.05) is 57.1 Å². The molecule has 0 unspecified atom stereocenters. The van der Waals surface area contributed by atoms with E-state index >= 15 is 0 Å². The molecular formula is C19H34N6. The van der Waals surface area contributed by atoms with Crippen LogP contribution in [-0.4, -0.2) is 52.9 Å². The fourth-order valence-electron chi connectivity index (χ4n) is 4.31.